The van der Waals surface area contributed by atoms with Crippen molar-refractivity contribution in [1.29, 1.82) is 0 Å². The number of methoxy groups -OCH3 is 1. The van der Waals surface area contributed by atoms with Gasteiger partial charge in [-0.15, -0.1) is 0 Å². The van der Waals surface area contributed by atoms with Crippen LogP contribution < -0.4 is 4.74 Å². The van der Waals surface area contributed by atoms with Gasteiger partial charge in [-0.25, -0.2) is 0 Å². The first-order valence-electron chi connectivity index (χ1n) is 8.15. The van der Waals surface area contributed by atoms with Crippen LogP contribution in [0.3, 0.4) is 0 Å². The van der Waals surface area contributed by atoms with Crippen LogP contribution in [0.2, 0.25) is 0 Å². The number of aliphatic hydroxyl groups is 1. The SMILES string of the molecule is CCCn1ncc(OC)c1C(O)C1CC2CCC(C1)N2C. The van der Waals surface area contributed by atoms with E-state index in [-0.39, 0.29) is 0 Å². The first kappa shape index (κ1) is 14.9. The van der Waals surface area contributed by atoms with Gasteiger partial charge in [-0.3, -0.25) is 4.68 Å². The summed E-state index contributed by atoms with van der Waals surface area (Å²) < 4.78 is 7.34. The van der Waals surface area contributed by atoms with E-state index >= 15 is 0 Å². The number of hydrogen-bond acceptors (Lipinski definition) is 4. The molecule has 3 unspecified atom stereocenters. The van der Waals surface area contributed by atoms with Crippen molar-refractivity contribution >= 4 is 0 Å². The Morgan fingerprint density at radius 2 is 2.05 bits per heavy atom. The summed E-state index contributed by atoms with van der Waals surface area (Å²) in [5, 5.41) is 15.3. The maximum atomic E-state index is 10.9. The van der Waals surface area contributed by atoms with Crippen molar-refractivity contribution in [3.8, 4) is 5.75 Å². The Bertz CT molecular complexity index is 474. The van der Waals surface area contributed by atoms with Gasteiger partial charge in [0.05, 0.1) is 13.3 Å². The van der Waals surface area contributed by atoms with Crippen molar-refractivity contribution in [2.24, 2.45) is 5.92 Å². The summed E-state index contributed by atoms with van der Waals surface area (Å²) in [7, 11) is 3.88. The zero-order chi connectivity index (χ0) is 15.0. The molecular formula is C16H27N3O2. The molecule has 2 aliphatic heterocycles. The molecule has 21 heavy (non-hydrogen) atoms. The van der Waals surface area contributed by atoms with Crippen LogP contribution >= 0.6 is 0 Å². The Morgan fingerprint density at radius 1 is 1.38 bits per heavy atom. The van der Waals surface area contributed by atoms with E-state index in [1.54, 1.807) is 13.3 Å². The van der Waals surface area contributed by atoms with E-state index in [1.165, 1.54) is 12.8 Å². The van der Waals surface area contributed by atoms with E-state index in [1.807, 2.05) is 4.68 Å². The average Bonchev–Trinajstić information content (AvgIpc) is 2.95. The Balaban J connectivity index is 1.82. The zero-order valence-corrected chi connectivity index (χ0v) is 13.3. The Morgan fingerprint density at radius 3 is 2.62 bits per heavy atom. The number of aromatic nitrogens is 2. The molecule has 118 valence electrons. The van der Waals surface area contributed by atoms with E-state index in [9.17, 15) is 5.11 Å². The highest BCUT2D eigenvalue weighted by Crippen LogP contribution is 2.43. The fraction of sp³-hybridized carbons (Fsp3) is 0.812. The number of rotatable bonds is 5. The molecule has 0 aromatic carbocycles. The molecule has 3 rings (SSSR count). The maximum Gasteiger partial charge on any atom is 0.162 e. The van der Waals surface area contributed by atoms with E-state index in [2.05, 4.69) is 24.0 Å². The topological polar surface area (TPSA) is 50.5 Å². The van der Waals surface area contributed by atoms with Gasteiger partial charge in [0.25, 0.3) is 0 Å². The van der Waals surface area contributed by atoms with Crippen LogP contribution in [-0.4, -0.2) is 46.0 Å². The predicted molar refractivity (Wildman–Crippen MR) is 81.3 cm³/mol. The van der Waals surface area contributed by atoms with Crippen molar-refractivity contribution < 1.29 is 9.84 Å². The lowest BCUT2D eigenvalue weighted by Gasteiger charge is -2.38. The summed E-state index contributed by atoms with van der Waals surface area (Å²) in [4.78, 5) is 2.50. The summed E-state index contributed by atoms with van der Waals surface area (Å²) in [6.07, 6.45) is 6.97. The second-order valence-electron chi connectivity index (χ2n) is 6.55. The van der Waals surface area contributed by atoms with Gasteiger partial charge in [-0.2, -0.15) is 5.10 Å². The minimum Gasteiger partial charge on any atom is -0.493 e. The maximum absolute atomic E-state index is 10.9. The fourth-order valence-electron chi connectivity index (χ4n) is 4.16. The molecule has 0 aliphatic carbocycles. The minimum atomic E-state index is -0.467. The van der Waals surface area contributed by atoms with Crippen LogP contribution in [0.5, 0.6) is 5.75 Å². The highest BCUT2D eigenvalue weighted by Gasteiger charge is 2.42. The third kappa shape index (κ3) is 2.57. The van der Waals surface area contributed by atoms with Crippen molar-refractivity contribution in [3.63, 3.8) is 0 Å². The van der Waals surface area contributed by atoms with Crippen LogP contribution in [0.25, 0.3) is 0 Å². The number of aryl methyl sites for hydroxylation is 1. The molecular weight excluding hydrogens is 266 g/mol. The van der Waals surface area contributed by atoms with Crippen LogP contribution in [0.1, 0.15) is 50.8 Å². The Hall–Kier alpha value is -1.07. The largest absolute Gasteiger partial charge is 0.493 e. The van der Waals surface area contributed by atoms with Crippen molar-refractivity contribution in [3.05, 3.63) is 11.9 Å². The molecule has 0 saturated carbocycles. The summed E-state index contributed by atoms with van der Waals surface area (Å²) in [5.41, 5.74) is 0.869. The molecule has 3 heterocycles. The van der Waals surface area contributed by atoms with E-state index in [4.69, 9.17) is 4.74 Å². The molecule has 2 bridgehead atoms. The molecule has 2 saturated heterocycles. The second kappa shape index (κ2) is 5.97. The molecule has 2 fully saturated rings. The molecule has 2 aliphatic rings. The number of hydrogen-bond donors (Lipinski definition) is 1. The minimum absolute atomic E-state index is 0.319. The van der Waals surface area contributed by atoms with Crippen LogP contribution in [0.15, 0.2) is 6.20 Å². The highest BCUT2D eigenvalue weighted by molar-refractivity contribution is 5.28. The second-order valence-corrected chi connectivity index (χ2v) is 6.55. The monoisotopic (exact) mass is 293 g/mol. The van der Waals surface area contributed by atoms with Crippen molar-refractivity contribution in [1.82, 2.24) is 14.7 Å². The molecule has 1 aromatic heterocycles. The van der Waals surface area contributed by atoms with Gasteiger partial charge in [0.1, 0.15) is 11.8 Å². The zero-order valence-electron chi connectivity index (χ0n) is 13.3. The van der Waals surface area contributed by atoms with Crippen molar-refractivity contribution in [2.45, 2.75) is 63.8 Å². The van der Waals surface area contributed by atoms with E-state index in [0.29, 0.717) is 18.0 Å². The molecule has 0 radical (unpaired) electrons. The number of piperidine rings is 1. The molecule has 0 spiro atoms. The third-order valence-electron chi connectivity index (χ3n) is 5.36. The van der Waals surface area contributed by atoms with Gasteiger partial charge in [0.15, 0.2) is 5.75 Å². The lowest BCUT2D eigenvalue weighted by Crippen LogP contribution is -2.41. The third-order valence-corrected chi connectivity index (χ3v) is 5.36. The molecule has 0 amide bonds. The Kier molecular flexibility index (Phi) is 4.22. The molecule has 5 nitrogen and oxygen atoms in total. The summed E-state index contributed by atoms with van der Waals surface area (Å²) in [5.74, 6) is 1.04. The van der Waals surface area contributed by atoms with Gasteiger partial charge in [0.2, 0.25) is 0 Å². The van der Waals surface area contributed by atoms with Gasteiger partial charge in [-0.1, -0.05) is 6.92 Å². The van der Waals surface area contributed by atoms with Gasteiger partial charge >= 0.3 is 0 Å². The summed E-state index contributed by atoms with van der Waals surface area (Å²) in [6, 6.07) is 1.27. The van der Waals surface area contributed by atoms with Gasteiger partial charge in [-0.05, 0) is 45.1 Å². The predicted octanol–water partition coefficient (Wildman–Crippen LogP) is 2.21. The molecule has 1 N–H and O–H groups in total. The number of nitrogens with zero attached hydrogens (tertiary/aromatic N) is 3. The average molecular weight is 293 g/mol. The number of fused-ring (bicyclic) bond motifs is 2. The molecule has 3 atom stereocenters. The fourth-order valence-corrected chi connectivity index (χ4v) is 4.16. The standard InChI is InChI=1S/C16H27N3O2/c1-4-7-19-15(14(21-3)10-17-19)16(20)11-8-12-5-6-13(9-11)18(12)2/h10-13,16,20H,4-9H2,1-3H3. The van der Waals surface area contributed by atoms with Gasteiger partial charge in [0, 0.05) is 18.6 Å². The highest BCUT2D eigenvalue weighted by atomic mass is 16.5. The summed E-state index contributed by atoms with van der Waals surface area (Å²) in [6.45, 7) is 2.95. The quantitative estimate of drug-likeness (QED) is 0.904. The van der Waals surface area contributed by atoms with E-state index < -0.39 is 6.10 Å². The first-order valence-corrected chi connectivity index (χ1v) is 8.15. The molecule has 1 aromatic rings. The van der Waals surface area contributed by atoms with Crippen molar-refractivity contribution in [2.75, 3.05) is 14.2 Å². The van der Waals surface area contributed by atoms with Crippen LogP contribution in [0, 0.1) is 5.92 Å². The normalized spacial score (nSPS) is 30.6. The summed E-state index contributed by atoms with van der Waals surface area (Å²) >= 11 is 0. The number of ether oxygens (including phenoxy) is 1. The molecule has 5 heteroatoms. The Labute approximate surface area is 126 Å². The lowest BCUT2D eigenvalue weighted by atomic mass is 9.85. The van der Waals surface area contributed by atoms with Crippen LogP contribution in [-0.2, 0) is 6.54 Å². The number of aliphatic hydroxyl groups excluding tert-OH is 1. The van der Waals surface area contributed by atoms with Crippen LogP contribution in [0.4, 0.5) is 0 Å². The van der Waals surface area contributed by atoms with E-state index in [0.717, 1.165) is 37.3 Å². The first-order chi connectivity index (χ1) is 10.2. The van der Waals surface area contributed by atoms with Gasteiger partial charge < -0.3 is 14.7 Å². The lowest BCUT2D eigenvalue weighted by molar-refractivity contribution is 0.0292. The smallest absolute Gasteiger partial charge is 0.162 e.